The van der Waals surface area contributed by atoms with E-state index in [4.69, 9.17) is 5.26 Å². The van der Waals surface area contributed by atoms with Crippen LogP contribution in [-0.2, 0) is 0 Å². The van der Waals surface area contributed by atoms with E-state index in [1.54, 1.807) is 0 Å². The van der Waals surface area contributed by atoms with Crippen molar-refractivity contribution in [3.63, 3.8) is 0 Å². The highest BCUT2D eigenvalue weighted by Gasteiger charge is 2.44. The lowest BCUT2D eigenvalue weighted by atomic mass is 10.1. The average molecular weight is 265 g/mol. The molecule has 1 fully saturated rings. The van der Waals surface area contributed by atoms with Gasteiger partial charge < -0.3 is 4.90 Å². The van der Waals surface area contributed by atoms with Crippen LogP contribution < -0.4 is 4.90 Å². The van der Waals surface area contributed by atoms with Crippen LogP contribution in [0.4, 0.5) is 5.69 Å². The van der Waals surface area contributed by atoms with Gasteiger partial charge in [0.15, 0.2) is 0 Å². The molecule has 0 atom stereocenters. The summed E-state index contributed by atoms with van der Waals surface area (Å²) in [6.45, 7) is 0.826. The van der Waals surface area contributed by atoms with E-state index < -0.39 is 0 Å². The van der Waals surface area contributed by atoms with Gasteiger partial charge in [-0.05, 0) is 40.9 Å². The molecule has 0 unspecified atom stereocenters. The zero-order valence-corrected chi connectivity index (χ0v) is 10.3. The van der Waals surface area contributed by atoms with Crippen molar-refractivity contribution in [2.45, 2.75) is 12.8 Å². The SMILES string of the molecule is CN(CC1(C#N)CC1)c1ccccc1Br. The maximum Gasteiger partial charge on any atom is 0.0749 e. The molecular formula is C12H13BrN2. The van der Waals surface area contributed by atoms with Gasteiger partial charge in [-0.2, -0.15) is 5.26 Å². The molecular weight excluding hydrogens is 252 g/mol. The molecule has 78 valence electrons. The average Bonchev–Trinajstić information content (AvgIpc) is 2.99. The normalized spacial score (nSPS) is 16.9. The van der Waals surface area contributed by atoms with Gasteiger partial charge >= 0.3 is 0 Å². The maximum atomic E-state index is 9.03. The minimum absolute atomic E-state index is 0.0793. The van der Waals surface area contributed by atoms with Gasteiger partial charge in [0.2, 0.25) is 0 Å². The zero-order valence-electron chi connectivity index (χ0n) is 8.70. The van der Waals surface area contributed by atoms with Crippen molar-refractivity contribution in [3.8, 4) is 6.07 Å². The van der Waals surface area contributed by atoms with Gasteiger partial charge in [0, 0.05) is 18.1 Å². The summed E-state index contributed by atoms with van der Waals surface area (Å²) in [7, 11) is 2.04. The van der Waals surface area contributed by atoms with E-state index in [1.165, 1.54) is 0 Å². The third-order valence-electron chi connectivity index (χ3n) is 2.89. The summed E-state index contributed by atoms with van der Waals surface area (Å²) in [5, 5.41) is 9.03. The van der Waals surface area contributed by atoms with Gasteiger partial charge in [-0.3, -0.25) is 0 Å². The monoisotopic (exact) mass is 264 g/mol. The Labute approximate surface area is 98.6 Å². The molecule has 0 amide bonds. The van der Waals surface area contributed by atoms with Gasteiger partial charge in [-0.15, -0.1) is 0 Å². The molecule has 0 radical (unpaired) electrons. The Bertz CT molecular complexity index is 404. The van der Waals surface area contributed by atoms with Crippen LogP contribution in [0.2, 0.25) is 0 Å². The first kappa shape index (κ1) is 10.5. The lowest BCUT2D eigenvalue weighted by molar-refractivity contribution is 0.652. The second-order valence-electron chi connectivity index (χ2n) is 4.20. The zero-order chi connectivity index (χ0) is 10.9. The topological polar surface area (TPSA) is 27.0 Å². The second kappa shape index (κ2) is 3.86. The number of hydrogen-bond donors (Lipinski definition) is 0. The Morgan fingerprint density at radius 1 is 1.47 bits per heavy atom. The predicted molar refractivity (Wildman–Crippen MR) is 64.7 cm³/mol. The van der Waals surface area contributed by atoms with Crippen LogP contribution in [0.3, 0.4) is 0 Å². The predicted octanol–water partition coefficient (Wildman–Crippen LogP) is 3.19. The summed E-state index contributed by atoms with van der Waals surface area (Å²) in [6.07, 6.45) is 2.08. The van der Waals surface area contributed by atoms with E-state index >= 15 is 0 Å². The minimum Gasteiger partial charge on any atom is -0.372 e. The lowest BCUT2D eigenvalue weighted by Gasteiger charge is -2.22. The van der Waals surface area contributed by atoms with Crippen LogP contribution in [-0.4, -0.2) is 13.6 Å². The first-order chi connectivity index (χ1) is 7.17. The molecule has 1 aromatic rings. The summed E-state index contributed by atoms with van der Waals surface area (Å²) in [5.41, 5.74) is 1.07. The number of anilines is 1. The van der Waals surface area contributed by atoms with Gasteiger partial charge in [-0.1, -0.05) is 12.1 Å². The Kier molecular flexibility index (Phi) is 2.70. The molecule has 2 rings (SSSR count). The van der Waals surface area contributed by atoms with Gasteiger partial charge in [-0.25, -0.2) is 0 Å². The summed E-state index contributed by atoms with van der Waals surface area (Å²) < 4.78 is 1.08. The Balaban J connectivity index is 2.12. The second-order valence-corrected chi connectivity index (χ2v) is 5.05. The van der Waals surface area contributed by atoms with Crippen LogP contribution in [0, 0.1) is 16.7 Å². The van der Waals surface area contributed by atoms with Crippen molar-refractivity contribution in [3.05, 3.63) is 28.7 Å². The number of benzene rings is 1. The fraction of sp³-hybridized carbons (Fsp3) is 0.417. The molecule has 0 N–H and O–H groups in total. The molecule has 0 saturated heterocycles. The minimum atomic E-state index is -0.0793. The molecule has 2 nitrogen and oxygen atoms in total. The van der Waals surface area contributed by atoms with Crippen LogP contribution in [0.25, 0.3) is 0 Å². The summed E-state index contributed by atoms with van der Waals surface area (Å²) in [5.74, 6) is 0. The molecule has 1 saturated carbocycles. The highest BCUT2D eigenvalue weighted by atomic mass is 79.9. The standard InChI is InChI=1S/C12H13BrN2/c1-15(9-12(8-14)6-7-12)11-5-3-2-4-10(11)13/h2-5H,6-7,9H2,1H3. The number of nitrogens with zero attached hydrogens (tertiary/aromatic N) is 2. The summed E-state index contributed by atoms with van der Waals surface area (Å²) in [6, 6.07) is 10.5. The molecule has 0 heterocycles. The first-order valence-corrected chi connectivity index (χ1v) is 5.83. The van der Waals surface area contributed by atoms with Crippen LogP contribution in [0.1, 0.15) is 12.8 Å². The lowest BCUT2D eigenvalue weighted by Crippen LogP contribution is -2.25. The number of rotatable bonds is 3. The van der Waals surface area contributed by atoms with Crippen molar-refractivity contribution in [2.24, 2.45) is 5.41 Å². The third kappa shape index (κ3) is 2.15. The number of hydrogen-bond acceptors (Lipinski definition) is 2. The molecule has 0 bridgehead atoms. The smallest absolute Gasteiger partial charge is 0.0749 e. The van der Waals surface area contributed by atoms with Crippen LogP contribution >= 0.6 is 15.9 Å². The molecule has 0 spiro atoms. The highest BCUT2D eigenvalue weighted by Crippen LogP contribution is 2.46. The van der Waals surface area contributed by atoms with Crippen molar-refractivity contribution < 1.29 is 0 Å². The van der Waals surface area contributed by atoms with Crippen LogP contribution in [0.15, 0.2) is 28.7 Å². The number of halogens is 1. The van der Waals surface area contributed by atoms with E-state index in [0.717, 1.165) is 29.5 Å². The molecule has 1 aromatic carbocycles. The number of para-hydroxylation sites is 1. The largest absolute Gasteiger partial charge is 0.372 e. The van der Waals surface area contributed by atoms with Gasteiger partial charge in [0.25, 0.3) is 0 Å². The van der Waals surface area contributed by atoms with E-state index in [2.05, 4.69) is 33.0 Å². The third-order valence-corrected chi connectivity index (χ3v) is 3.56. The quantitative estimate of drug-likeness (QED) is 0.839. The summed E-state index contributed by atoms with van der Waals surface area (Å²) >= 11 is 3.52. The van der Waals surface area contributed by atoms with Crippen molar-refractivity contribution in [1.29, 1.82) is 5.26 Å². The van der Waals surface area contributed by atoms with Crippen molar-refractivity contribution >= 4 is 21.6 Å². The van der Waals surface area contributed by atoms with E-state index in [-0.39, 0.29) is 5.41 Å². The molecule has 15 heavy (non-hydrogen) atoms. The Morgan fingerprint density at radius 3 is 2.67 bits per heavy atom. The summed E-state index contributed by atoms with van der Waals surface area (Å²) in [4.78, 5) is 2.15. The Morgan fingerprint density at radius 2 is 2.13 bits per heavy atom. The van der Waals surface area contributed by atoms with E-state index in [0.29, 0.717) is 0 Å². The fourth-order valence-corrected chi connectivity index (χ4v) is 2.34. The van der Waals surface area contributed by atoms with Gasteiger partial charge in [0.1, 0.15) is 0 Å². The van der Waals surface area contributed by atoms with Crippen LogP contribution in [0.5, 0.6) is 0 Å². The number of nitriles is 1. The molecule has 1 aliphatic rings. The Hall–Kier alpha value is -1.01. The molecule has 3 heteroatoms. The van der Waals surface area contributed by atoms with Crippen molar-refractivity contribution in [2.75, 3.05) is 18.5 Å². The highest BCUT2D eigenvalue weighted by molar-refractivity contribution is 9.10. The van der Waals surface area contributed by atoms with E-state index in [9.17, 15) is 0 Å². The molecule has 0 aromatic heterocycles. The fourth-order valence-electron chi connectivity index (χ4n) is 1.76. The molecule has 0 aliphatic heterocycles. The van der Waals surface area contributed by atoms with Gasteiger partial charge in [0.05, 0.1) is 17.2 Å². The first-order valence-electron chi connectivity index (χ1n) is 5.04. The van der Waals surface area contributed by atoms with E-state index in [1.807, 2.05) is 25.2 Å². The van der Waals surface area contributed by atoms with Crippen molar-refractivity contribution in [1.82, 2.24) is 0 Å². The molecule has 1 aliphatic carbocycles. The maximum absolute atomic E-state index is 9.03.